The monoisotopic (exact) mass is 204 g/mol. The van der Waals surface area contributed by atoms with Gasteiger partial charge >= 0.3 is 5.97 Å². The second-order valence-electron chi connectivity index (χ2n) is 4.69. The highest BCUT2D eigenvalue weighted by Gasteiger charge is 2.45. The molecule has 1 atom stereocenters. The van der Waals surface area contributed by atoms with Crippen LogP contribution in [0.25, 0.3) is 0 Å². The first kappa shape index (κ1) is 13.4. The molecule has 0 bridgehead atoms. The molecule has 0 aromatic carbocycles. The largest absolute Gasteiger partial charge is 0.467 e. The molecular formula is C10H20O4. The highest BCUT2D eigenvalue weighted by molar-refractivity contribution is 5.75. The van der Waals surface area contributed by atoms with Crippen LogP contribution in [-0.2, 0) is 9.53 Å². The van der Waals surface area contributed by atoms with Gasteiger partial charge < -0.3 is 14.9 Å². The van der Waals surface area contributed by atoms with Crippen molar-refractivity contribution in [1.29, 1.82) is 0 Å². The van der Waals surface area contributed by atoms with E-state index in [4.69, 9.17) is 5.11 Å². The van der Waals surface area contributed by atoms with Crippen LogP contribution < -0.4 is 0 Å². The van der Waals surface area contributed by atoms with E-state index < -0.39 is 22.9 Å². The van der Waals surface area contributed by atoms with Crippen molar-refractivity contribution in [2.45, 2.75) is 33.8 Å². The number of hydrogen-bond donors (Lipinski definition) is 2. The predicted octanol–water partition coefficient (Wildman–Crippen LogP) is 0.565. The normalized spacial score (nSPS) is 15.1. The lowest BCUT2D eigenvalue weighted by atomic mass is 9.65. The molecule has 0 aromatic heterocycles. The first-order valence-electron chi connectivity index (χ1n) is 4.57. The van der Waals surface area contributed by atoms with Crippen molar-refractivity contribution >= 4 is 5.97 Å². The third kappa shape index (κ3) is 2.25. The molecule has 1 unspecified atom stereocenters. The first-order valence-corrected chi connectivity index (χ1v) is 4.57. The zero-order chi connectivity index (χ0) is 11.6. The van der Waals surface area contributed by atoms with E-state index in [9.17, 15) is 9.90 Å². The second-order valence-corrected chi connectivity index (χ2v) is 4.69. The fourth-order valence-corrected chi connectivity index (χ4v) is 0.980. The molecule has 4 nitrogen and oxygen atoms in total. The summed E-state index contributed by atoms with van der Waals surface area (Å²) in [4.78, 5) is 11.2. The van der Waals surface area contributed by atoms with Crippen LogP contribution in [-0.4, -0.2) is 36.0 Å². The minimum absolute atomic E-state index is 0.103. The van der Waals surface area contributed by atoms with Gasteiger partial charge in [-0.2, -0.15) is 0 Å². The van der Waals surface area contributed by atoms with E-state index in [0.717, 1.165) is 0 Å². The van der Waals surface area contributed by atoms with Gasteiger partial charge in [-0.1, -0.05) is 27.7 Å². The Morgan fingerprint density at radius 2 is 1.79 bits per heavy atom. The minimum atomic E-state index is -1.23. The van der Waals surface area contributed by atoms with Gasteiger partial charge in [-0.05, 0) is 5.41 Å². The third-order valence-electron chi connectivity index (χ3n) is 3.25. The molecule has 0 aliphatic rings. The second kappa shape index (κ2) is 4.28. The van der Waals surface area contributed by atoms with Crippen LogP contribution >= 0.6 is 0 Å². The zero-order valence-corrected chi connectivity index (χ0v) is 9.50. The van der Waals surface area contributed by atoms with Gasteiger partial charge in [-0.25, -0.2) is 4.79 Å². The standard InChI is InChI=1S/C10H20O4/c1-9(2,6-11)10(3,4)7(12)8(13)14-5/h7,11-12H,6H2,1-5H3. The Labute approximate surface area is 84.9 Å². The van der Waals surface area contributed by atoms with Crippen molar-refractivity contribution < 1.29 is 19.7 Å². The SMILES string of the molecule is COC(=O)C(O)C(C)(C)C(C)(C)CO. The molecule has 2 N–H and O–H groups in total. The van der Waals surface area contributed by atoms with E-state index in [2.05, 4.69) is 4.74 Å². The quantitative estimate of drug-likeness (QED) is 0.657. The zero-order valence-electron chi connectivity index (χ0n) is 9.50. The molecule has 0 spiro atoms. The van der Waals surface area contributed by atoms with Crippen LogP contribution in [0.4, 0.5) is 0 Å². The lowest BCUT2D eigenvalue weighted by Crippen LogP contribution is -2.48. The van der Waals surface area contributed by atoms with Crippen LogP contribution in [0.15, 0.2) is 0 Å². The molecule has 84 valence electrons. The molecule has 0 aliphatic carbocycles. The van der Waals surface area contributed by atoms with E-state index in [0.29, 0.717) is 0 Å². The van der Waals surface area contributed by atoms with Gasteiger partial charge in [0.2, 0.25) is 0 Å². The average molecular weight is 204 g/mol. The maximum atomic E-state index is 11.2. The van der Waals surface area contributed by atoms with Gasteiger partial charge in [0.25, 0.3) is 0 Å². The van der Waals surface area contributed by atoms with Gasteiger partial charge in [0, 0.05) is 12.0 Å². The van der Waals surface area contributed by atoms with E-state index >= 15 is 0 Å². The average Bonchev–Trinajstić information content (AvgIpc) is 2.14. The van der Waals surface area contributed by atoms with E-state index in [1.807, 2.05) is 0 Å². The topological polar surface area (TPSA) is 66.8 Å². The fraction of sp³-hybridized carbons (Fsp3) is 0.900. The summed E-state index contributed by atoms with van der Waals surface area (Å²) in [7, 11) is 1.23. The van der Waals surface area contributed by atoms with Crippen LogP contribution in [0.1, 0.15) is 27.7 Å². The molecule has 14 heavy (non-hydrogen) atoms. The van der Waals surface area contributed by atoms with Gasteiger partial charge in [-0.3, -0.25) is 0 Å². The molecule has 0 rings (SSSR count). The molecule has 0 amide bonds. The Hall–Kier alpha value is -0.610. The Bertz CT molecular complexity index is 208. The van der Waals surface area contributed by atoms with Crippen LogP contribution in [0, 0.1) is 10.8 Å². The number of esters is 1. The number of carbonyl (C=O) groups is 1. The number of aliphatic hydroxyl groups excluding tert-OH is 2. The van der Waals surface area contributed by atoms with E-state index in [-0.39, 0.29) is 6.61 Å². The molecule has 0 fully saturated rings. The fourth-order valence-electron chi connectivity index (χ4n) is 0.980. The Morgan fingerprint density at radius 3 is 2.07 bits per heavy atom. The lowest BCUT2D eigenvalue weighted by molar-refractivity contribution is -0.164. The third-order valence-corrected chi connectivity index (χ3v) is 3.25. The molecule has 0 aromatic rings. The van der Waals surface area contributed by atoms with Crippen molar-refractivity contribution in [2.24, 2.45) is 10.8 Å². The number of methoxy groups -OCH3 is 1. The summed E-state index contributed by atoms with van der Waals surface area (Å²) in [5, 5.41) is 18.9. The van der Waals surface area contributed by atoms with E-state index in [1.54, 1.807) is 27.7 Å². The molecule has 0 heterocycles. The number of ether oxygens (including phenoxy) is 1. The van der Waals surface area contributed by atoms with Gasteiger partial charge in [0.1, 0.15) is 0 Å². The first-order chi connectivity index (χ1) is 6.20. The van der Waals surface area contributed by atoms with Crippen molar-refractivity contribution in [1.82, 2.24) is 0 Å². The molecule has 0 saturated carbocycles. The Morgan fingerprint density at radius 1 is 1.36 bits per heavy atom. The summed E-state index contributed by atoms with van der Waals surface area (Å²) < 4.78 is 4.47. The van der Waals surface area contributed by atoms with Crippen LogP contribution in [0.2, 0.25) is 0 Å². The Kier molecular flexibility index (Phi) is 4.09. The van der Waals surface area contributed by atoms with Crippen LogP contribution in [0.5, 0.6) is 0 Å². The molecule has 0 saturated heterocycles. The minimum Gasteiger partial charge on any atom is -0.467 e. The van der Waals surface area contributed by atoms with Crippen molar-refractivity contribution in [2.75, 3.05) is 13.7 Å². The van der Waals surface area contributed by atoms with Crippen molar-refractivity contribution in [3.8, 4) is 0 Å². The summed E-state index contributed by atoms with van der Waals surface area (Å²) in [6.45, 7) is 6.93. The lowest BCUT2D eigenvalue weighted by Gasteiger charge is -2.42. The number of aliphatic hydroxyl groups is 2. The van der Waals surface area contributed by atoms with Crippen LogP contribution in [0.3, 0.4) is 0 Å². The van der Waals surface area contributed by atoms with Gasteiger partial charge in [0.15, 0.2) is 6.10 Å². The van der Waals surface area contributed by atoms with Crippen molar-refractivity contribution in [3.05, 3.63) is 0 Å². The summed E-state index contributed by atoms with van der Waals surface area (Å²) in [6, 6.07) is 0. The Balaban J connectivity index is 4.85. The number of hydrogen-bond acceptors (Lipinski definition) is 4. The highest BCUT2D eigenvalue weighted by Crippen LogP contribution is 2.41. The maximum absolute atomic E-state index is 11.2. The van der Waals surface area contributed by atoms with E-state index in [1.165, 1.54) is 7.11 Å². The molecule has 0 radical (unpaired) electrons. The molecule has 0 aliphatic heterocycles. The highest BCUT2D eigenvalue weighted by atomic mass is 16.5. The smallest absolute Gasteiger partial charge is 0.335 e. The number of carbonyl (C=O) groups excluding carboxylic acids is 1. The summed E-state index contributed by atoms with van der Waals surface area (Å²) in [5.41, 5.74) is -1.30. The molecule has 4 heteroatoms. The molecular weight excluding hydrogens is 184 g/mol. The predicted molar refractivity (Wildman–Crippen MR) is 52.7 cm³/mol. The number of rotatable bonds is 4. The van der Waals surface area contributed by atoms with Gasteiger partial charge in [-0.15, -0.1) is 0 Å². The summed E-state index contributed by atoms with van der Waals surface area (Å²) in [5.74, 6) is -0.670. The van der Waals surface area contributed by atoms with Crippen molar-refractivity contribution in [3.63, 3.8) is 0 Å². The van der Waals surface area contributed by atoms with Gasteiger partial charge in [0.05, 0.1) is 7.11 Å². The summed E-state index contributed by atoms with van der Waals surface area (Å²) in [6.07, 6.45) is -1.23. The summed E-state index contributed by atoms with van der Waals surface area (Å²) >= 11 is 0. The maximum Gasteiger partial charge on any atom is 0.335 e.